The van der Waals surface area contributed by atoms with Crippen LogP contribution in [0.5, 0.6) is 0 Å². The predicted octanol–water partition coefficient (Wildman–Crippen LogP) is 4.02. The third-order valence-corrected chi connectivity index (χ3v) is 5.09. The van der Waals surface area contributed by atoms with E-state index in [4.69, 9.17) is 11.6 Å². The highest BCUT2D eigenvalue weighted by molar-refractivity contribution is 7.92. The second-order valence-electron chi connectivity index (χ2n) is 5.84. The van der Waals surface area contributed by atoms with Gasteiger partial charge in [0.1, 0.15) is 0 Å². The standard InChI is InChI=1S/C18H16ClN3O3S2/c1-27(24,25)22-15-7-5-13(6-8-15)16-11-26-18(20-16)21-17(23)10-12-3-2-4-14(19)9-12/h2-9,11,22H,10H2,1H3,(H,20,21,23). The van der Waals surface area contributed by atoms with Gasteiger partial charge in [-0.1, -0.05) is 35.9 Å². The maximum atomic E-state index is 12.2. The lowest BCUT2D eigenvalue weighted by Crippen LogP contribution is -2.14. The number of sulfonamides is 1. The summed E-state index contributed by atoms with van der Waals surface area (Å²) < 4.78 is 24.9. The molecule has 0 unspecified atom stereocenters. The van der Waals surface area contributed by atoms with Gasteiger partial charge < -0.3 is 5.32 Å². The Morgan fingerprint density at radius 3 is 2.59 bits per heavy atom. The topological polar surface area (TPSA) is 88.2 Å². The molecular weight excluding hydrogens is 406 g/mol. The van der Waals surface area contributed by atoms with Crippen molar-refractivity contribution >= 4 is 49.7 Å². The SMILES string of the molecule is CS(=O)(=O)Nc1ccc(-c2csc(NC(=O)Cc3cccc(Cl)c3)n2)cc1. The van der Waals surface area contributed by atoms with Gasteiger partial charge >= 0.3 is 0 Å². The van der Waals surface area contributed by atoms with Gasteiger partial charge in [-0.3, -0.25) is 9.52 Å². The van der Waals surface area contributed by atoms with Gasteiger partial charge in [-0.05, 0) is 29.8 Å². The molecule has 1 heterocycles. The van der Waals surface area contributed by atoms with E-state index in [1.54, 1.807) is 42.5 Å². The maximum Gasteiger partial charge on any atom is 0.230 e. The summed E-state index contributed by atoms with van der Waals surface area (Å²) in [5.74, 6) is -0.175. The highest BCUT2D eigenvalue weighted by Gasteiger charge is 2.10. The Morgan fingerprint density at radius 1 is 1.19 bits per heavy atom. The fraction of sp³-hybridized carbons (Fsp3) is 0.111. The van der Waals surface area contributed by atoms with Crippen molar-refractivity contribution in [1.29, 1.82) is 0 Å². The molecule has 0 aliphatic carbocycles. The Morgan fingerprint density at radius 2 is 1.93 bits per heavy atom. The van der Waals surface area contributed by atoms with Crippen LogP contribution in [0.15, 0.2) is 53.9 Å². The molecule has 0 atom stereocenters. The Kier molecular flexibility index (Phi) is 5.79. The molecule has 0 aliphatic rings. The minimum atomic E-state index is -3.31. The average molecular weight is 422 g/mol. The Bertz CT molecular complexity index is 1060. The first-order valence-electron chi connectivity index (χ1n) is 7.86. The van der Waals surface area contributed by atoms with E-state index in [9.17, 15) is 13.2 Å². The Balaban J connectivity index is 1.65. The number of nitrogens with one attached hydrogen (secondary N) is 2. The number of carbonyl (C=O) groups is 1. The number of nitrogens with zero attached hydrogens (tertiary/aromatic N) is 1. The smallest absolute Gasteiger partial charge is 0.230 e. The highest BCUT2D eigenvalue weighted by Crippen LogP contribution is 2.26. The van der Waals surface area contributed by atoms with Crippen molar-refractivity contribution in [1.82, 2.24) is 4.98 Å². The molecule has 0 saturated heterocycles. The molecule has 0 bridgehead atoms. The summed E-state index contributed by atoms with van der Waals surface area (Å²) in [5, 5.41) is 5.69. The number of amides is 1. The molecule has 3 rings (SSSR count). The van der Waals surface area contributed by atoms with Gasteiger partial charge in [-0.2, -0.15) is 0 Å². The molecule has 0 spiro atoms. The fourth-order valence-corrected chi connectivity index (χ4v) is 3.90. The van der Waals surface area contributed by atoms with Crippen molar-refractivity contribution < 1.29 is 13.2 Å². The minimum Gasteiger partial charge on any atom is -0.302 e. The van der Waals surface area contributed by atoms with E-state index in [0.717, 1.165) is 17.4 Å². The Labute approximate surface area is 166 Å². The van der Waals surface area contributed by atoms with Gasteiger partial charge in [0.25, 0.3) is 0 Å². The van der Waals surface area contributed by atoms with Gasteiger partial charge in [0.2, 0.25) is 15.9 Å². The van der Waals surface area contributed by atoms with Crippen LogP contribution in [0.4, 0.5) is 10.8 Å². The van der Waals surface area contributed by atoms with Crippen molar-refractivity contribution in [2.24, 2.45) is 0 Å². The number of halogens is 1. The number of hydrogen-bond donors (Lipinski definition) is 2. The van der Waals surface area contributed by atoms with Gasteiger partial charge in [0, 0.05) is 21.7 Å². The van der Waals surface area contributed by atoms with Crippen molar-refractivity contribution in [3.05, 3.63) is 64.5 Å². The molecule has 0 radical (unpaired) electrons. The first kappa shape index (κ1) is 19.3. The number of aromatic nitrogens is 1. The molecule has 2 aromatic carbocycles. The van der Waals surface area contributed by atoms with Crippen molar-refractivity contribution in [3.8, 4) is 11.3 Å². The summed E-state index contributed by atoms with van der Waals surface area (Å²) in [5.41, 5.74) is 2.82. The molecule has 3 aromatic rings. The summed E-state index contributed by atoms with van der Waals surface area (Å²) in [6.45, 7) is 0. The van der Waals surface area contributed by atoms with E-state index in [1.165, 1.54) is 11.3 Å². The third-order valence-electron chi connectivity index (χ3n) is 3.49. The first-order chi connectivity index (χ1) is 12.8. The van der Waals surface area contributed by atoms with Crippen LogP contribution in [0.25, 0.3) is 11.3 Å². The van der Waals surface area contributed by atoms with Gasteiger partial charge in [-0.25, -0.2) is 13.4 Å². The molecule has 140 valence electrons. The zero-order valence-electron chi connectivity index (χ0n) is 14.3. The molecule has 27 heavy (non-hydrogen) atoms. The van der Waals surface area contributed by atoms with Crippen LogP contribution in [-0.2, 0) is 21.2 Å². The molecule has 1 amide bonds. The number of benzene rings is 2. The van der Waals surface area contributed by atoms with E-state index in [1.807, 2.05) is 11.4 Å². The van der Waals surface area contributed by atoms with E-state index < -0.39 is 10.0 Å². The van der Waals surface area contributed by atoms with Crippen LogP contribution in [0.3, 0.4) is 0 Å². The second kappa shape index (κ2) is 8.08. The average Bonchev–Trinajstić information content (AvgIpc) is 3.02. The summed E-state index contributed by atoms with van der Waals surface area (Å²) in [6, 6.07) is 14.0. The molecule has 2 N–H and O–H groups in total. The van der Waals surface area contributed by atoms with Crippen molar-refractivity contribution in [2.75, 3.05) is 16.3 Å². The Hall–Kier alpha value is -2.42. The number of thiazole rings is 1. The number of hydrogen-bond acceptors (Lipinski definition) is 5. The van der Waals surface area contributed by atoms with Crippen molar-refractivity contribution in [3.63, 3.8) is 0 Å². The summed E-state index contributed by atoms with van der Waals surface area (Å²) in [7, 11) is -3.31. The van der Waals surface area contributed by atoms with E-state index >= 15 is 0 Å². The number of rotatable bonds is 6. The van der Waals surface area contributed by atoms with Gasteiger partial charge in [0.05, 0.1) is 18.4 Å². The van der Waals surface area contributed by atoms with Crippen LogP contribution >= 0.6 is 22.9 Å². The molecule has 9 heteroatoms. The summed E-state index contributed by atoms with van der Waals surface area (Å²) in [4.78, 5) is 16.6. The first-order valence-corrected chi connectivity index (χ1v) is 11.0. The van der Waals surface area contributed by atoms with Gasteiger partial charge in [0.15, 0.2) is 5.13 Å². The highest BCUT2D eigenvalue weighted by atomic mass is 35.5. The quantitative estimate of drug-likeness (QED) is 0.629. The summed E-state index contributed by atoms with van der Waals surface area (Å²) in [6.07, 6.45) is 1.31. The van der Waals surface area contributed by atoms with Crippen LogP contribution in [0.1, 0.15) is 5.56 Å². The van der Waals surface area contributed by atoms with Crippen LogP contribution in [-0.4, -0.2) is 25.6 Å². The van der Waals surface area contributed by atoms with Crippen molar-refractivity contribution in [2.45, 2.75) is 6.42 Å². The lowest BCUT2D eigenvalue weighted by Gasteiger charge is -2.04. The lowest BCUT2D eigenvalue weighted by atomic mass is 10.1. The van der Waals surface area contributed by atoms with Crippen LogP contribution in [0, 0.1) is 0 Å². The monoisotopic (exact) mass is 421 g/mol. The largest absolute Gasteiger partial charge is 0.302 e. The van der Waals surface area contributed by atoms with Crippen LogP contribution in [0.2, 0.25) is 5.02 Å². The second-order valence-corrected chi connectivity index (χ2v) is 8.89. The minimum absolute atomic E-state index is 0.175. The van der Waals surface area contributed by atoms with E-state index in [0.29, 0.717) is 21.5 Å². The lowest BCUT2D eigenvalue weighted by molar-refractivity contribution is -0.115. The molecule has 0 aliphatic heterocycles. The third kappa shape index (κ3) is 5.78. The molecule has 0 saturated carbocycles. The number of carbonyl (C=O) groups excluding carboxylic acids is 1. The van der Waals surface area contributed by atoms with E-state index in [-0.39, 0.29) is 12.3 Å². The zero-order chi connectivity index (χ0) is 19.4. The zero-order valence-corrected chi connectivity index (χ0v) is 16.7. The molecule has 6 nitrogen and oxygen atoms in total. The number of anilines is 2. The molecular formula is C18H16ClN3O3S2. The van der Waals surface area contributed by atoms with Gasteiger partial charge in [-0.15, -0.1) is 11.3 Å². The predicted molar refractivity (Wildman–Crippen MR) is 110 cm³/mol. The maximum absolute atomic E-state index is 12.2. The molecule has 0 fully saturated rings. The molecule has 1 aromatic heterocycles. The normalized spacial score (nSPS) is 11.2. The summed E-state index contributed by atoms with van der Waals surface area (Å²) >= 11 is 7.25. The van der Waals surface area contributed by atoms with E-state index in [2.05, 4.69) is 15.0 Å². The fourth-order valence-electron chi connectivity index (χ4n) is 2.38. The van der Waals surface area contributed by atoms with Crippen LogP contribution < -0.4 is 10.0 Å².